The van der Waals surface area contributed by atoms with Crippen LogP contribution in [0.2, 0.25) is 0 Å². The Morgan fingerprint density at radius 3 is 2.52 bits per heavy atom. The number of nitrogens with one attached hydrogen (secondary N) is 1. The minimum Gasteiger partial charge on any atom is -0.478 e. The Kier molecular flexibility index (Phi) is 6.60. The first-order chi connectivity index (χ1) is 13.1. The molecular weight excluding hydrogens is 342 g/mol. The maximum atomic E-state index is 12.8. The van der Waals surface area contributed by atoms with Gasteiger partial charge in [0, 0.05) is 6.54 Å². The van der Waals surface area contributed by atoms with Crippen LogP contribution in [0.1, 0.15) is 53.3 Å². The van der Waals surface area contributed by atoms with E-state index in [0.717, 1.165) is 36.8 Å². The van der Waals surface area contributed by atoms with Crippen LogP contribution in [0.15, 0.2) is 54.6 Å². The molecule has 1 amide bonds. The van der Waals surface area contributed by atoms with Gasteiger partial charge in [0.2, 0.25) is 0 Å². The SMILES string of the molecule is O=C(O)c1cccc(CCNC(=O)[C@H](OC2CCCC2)c2ccccc2)c1. The molecule has 3 rings (SSSR count). The fourth-order valence-electron chi connectivity index (χ4n) is 3.42. The summed E-state index contributed by atoms with van der Waals surface area (Å²) in [6, 6.07) is 16.3. The molecular formula is C22H25NO4. The summed E-state index contributed by atoms with van der Waals surface area (Å²) in [7, 11) is 0. The molecule has 0 spiro atoms. The van der Waals surface area contributed by atoms with E-state index in [1.165, 1.54) is 0 Å². The van der Waals surface area contributed by atoms with Crippen LogP contribution in [0.5, 0.6) is 0 Å². The van der Waals surface area contributed by atoms with Crippen molar-refractivity contribution in [3.8, 4) is 0 Å². The number of hydrogen-bond acceptors (Lipinski definition) is 3. The molecule has 2 N–H and O–H groups in total. The lowest BCUT2D eigenvalue weighted by Gasteiger charge is -2.22. The van der Waals surface area contributed by atoms with Crippen molar-refractivity contribution in [1.29, 1.82) is 0 Å². The molecule has 2 aromatic rings. The van der Waals surface area contributed by atoms with Crippen molar-refractivity contribution < 1.29 is 19.4 Å². The average Bonchev–Trinajstić information content (AvgIpc) is 3.20. The minimum atomic E-state index is -0.949. The summed E-state index contributed by atoms with van der Waals surface area (Å²) in [5, 5.41) is 12.0. The Balaban J connectivity index is 1.60. The van der Waals surface area contributed by atoms with Crippen molar-refractivity contribution in [2.24, 2.45) is 0 Å². The molecule has 0 bridgehead atoms. The number of ether oxygens (including phenoxy) is 1. The number of aromatic carboxylic acids is 1. The second-order valence-electron chi connectivity index (χ2n) is 6.88. The van der Waals surface area contributed by atoms with Crippen LogP contribution in [-0.2, 0) is 16.0 Å². The number of carboxylic acids is 1. The number of carboxylic acid groups (broad SMARTS) is 1. The fraction of sp³-hybridized carbons (Fsp3) is 0.364. The van der Waals surface area contributed by atoms with Crippen LogP contribution < -0.4 is 5.32 Å². The zero-order chi connectivity index (χ0) is 19.1. The number of rotatable bonds is 8. The first kappa shape index (κ1) is 19.1. The molecule has 1 atom stereocenters. The van der Waals surface area contributed by atoms with E-state index in [0.29, 0.717) is 13.0 Å². The van der Waals surface area contributed by atoms with E-state index < -0.39 is 12.1 Å². The Morgan fingerprint density at radius 2 is 1.81 bits per heavy atom. The van der Waals surface area contributed by atoms with Crippen molar-refractivity contribution in [2.75, 3.05) is 6.54 Å². The monoisotopic (exact) mass is 367 g/mol. The van der Waals surface area contributed by atoms with E-state index in [4.69, 9.17) is 9.84 Å². The highest BCUT2D eigenvalue weighted by Crippen LogP contribution is 2.28. The minimum absolute atomic E-state index is 0.133. The van der Waals surface area contributed by atoms with Gasteiger partial charge in [-0.05, 0) is 42.5 Å². The Bertz CT molecular complexity index is 769. The highest BCUT2D eigenvalue weighted by molar-refractivity contribution is 5.87. The Hall–Kier alpha value is -2.66. The van der Waals surface area contributed by atoms with Gasteiger partial charge < -0.3 is 15.2 Å². The van der Waals surface area contributed by atoms with Crippen molar-refractivity contribution in [3.63, 3.8) is 0 Å². The van der Waals surface area contributed by atoms with Crippen molar-refractivity contribution in [1.82, 2.24) is 5.32 Å². The molecule has 142 valence electrons. The predicted molar refractivity (Wildman–Crippen MR) is 103 cm³/mol. The number of benzene rings is 2. The molecule has 5 nitrogen and oxygen atoms in total. The van der Waals surface area contributed by atoms with E-state index in [-0.39, 0.29) is 17.6 Å². The molecule has 0 radical (unpaired) electrons. The van der Waals surface area contributed by atoms with Crippen LogP contribution >= 0.6 is 0 Å². The normalized spacial score (nSPS) is 15.4. The predicted octanol–water partition coefficient (Wildman–Crippen LogP) is 3.74. The highest BCUT2D eigenvalue weighted by Gasteiger charge is 2.26. The van der Waals surface area contributed by atoms with Crippen LogP contribution in [0, 0.1) is 0 Å². The summed E-state index contributed by atoms with van der Waals surface area (Å²) in [6.07, 6.45) is 4.38. The number of amides is 1. The maximum Gasteiger partial charge on any atom is 0.335 e. The molecule has 0 aromatic heterocycles. The maximum absolute atomic E-state index is 12.8. The van der Waals surface area contributed by atoms with Gasteiger partial charge in [-0.1, -0.05) is 55.3 Å². The van der Waals surface area contributed by atoms with Crippen LogP contribution in [0.4, 0.5) is 0 Å². The largest absolute Gasteiger partial charge is 0.478 e. The quantitative estimate of drug-likeness (QED) is 0.745. The van der Waals surface area contributed by atoms with Gasteiger partial charge in [0.05, 0.1) is 11.7 Å². The van der Waals surface area contributed by atoms with Gasteiger partial charge in [0.15, 0.2) is 6.10 Å². The van der Waals surface area contributed by atoms with E-state index in [2.05, 4.69) is 5.32 Å². The molecule has 0 saturated heterocycles. The first-order valence-corrected chi connectivity index (χ1v) is 9.44. The molecule has 1 saturated carbocycles. The third-order valence-corrected chi connectivity index (χ3v) is 4.86. The number of hydrogen-bond donors (Lipinski definition) is 2. The van der Waals surface area contributed by atoms with Gasteiger partial charge in [-0.3, -0.25) is 4.79 Å². The summed E-state index contributed by atoms with van der Waals surface area (Å²) in [4.78, 5) is 23.8. The summed E-state index contributed by atoms with van der Waals surface area (Å²) >= 11 is 0. The van der Waals surface area contributed by atoms with Crippen molar-refractivity contribution in [3.05, 3.63) is 71.3 Å². The van der Waals surface area contributed by atoms with E-state index in [1.54, 1.807) is 18.2 Å². The van der Waals surface area contributed by atoms with Gasteiger partial charge >= 0.3 is 5.97 Å². The third-order valence-electron chi connectivity index (χ3n) is 4.86. The van der Waals surface area contributed by atoms with Crippen molar-refractivity contribution in [2.45, 2.75) is 44.3 Å². The van der Waals surface area contributed by atoms with Crippen LogP contribution in [0.3, 0.4) is 0 Å². The number of carbonyl (C=O) groups is 2. The zero-order valence-electron chi connectivity index (χ0n) is 15.3. The van der Waals surface area contributed by atoms with Crippen LogP contribution in [0.25, 0.3) is 0 Å². The Morgan fingerprint density at radius 1 is 1.07 bits per heavy atom. The second-order valence-corrected chi connectivity index (χ2v) is 6.88. The van der Waals surface area contributed by atoms with Crippen LogP contribution in [-0.4, -0.2) is 29.6 Å². The van der Waals surface area contributed by atoms with E-state index in [1.807, 2.05) is 36.4 Å². The summed E-state index contributed by atoms with van der Waals surface area (Å²) in [5.41, 5.74) is 1.99. The van der Waals surface area contributed by atoms with Gasteiger partial charge in [0.25, 0.3) is 5.91 Å². The highest BCUT2D eigenvalue weighted by atomic mass is 16.5. The smallest absolute Gasteiger partial charge is 0.335 e. The molecule has 1 aliphatic rings. The lowest BCUT2D eigenvalue weighted by Crippen LogP contribution is -2.34. The molecule has 0 heterocycles. The fourth-order valence-corrected chi connectivity index (χ4v) is 3.42. The van der Waals surface area contributed by atoms with Crippen molar-refractivity contribution >= 4 is 11.9 Å². The van der Waals surface area contributed by atoms with Gasteiger partial charge in [-0.2, -0.15) is 0 Å². The molecule has 2 aromatic carbocycles. The van der Waals surface area contributed by atoms with Gasteiger partial charge in [-0.15, -0.1) is 0 Å². The molecule has 0 aliphatic heterocycles. The number of carbonyl (C=O) groups excluding carboxylic acids is 1. The van der Waals surface area contributed by atoms with Gasteiger partial charge in [-0.25, -0.2) is 4.79 Å². The summed E-state index contributed by atoms with van der Waals surface area (Å²) in [6.45, 7) is 0.430. The van der Waals surface area contributed by atoms with E-state index >= 15 is 0 Å². The molecule has 0 unspecified atom stereocenters. The standard InChI is InChI=1S/C22H25NO4/c24-21(23-14-13-16-7-6-10-18(15-16)22(25)26)20(17-8-2-1-3-9-17)27-19-11-4-5-12-19/h1-3,6-10,15,19-20H,4-5,11-14H2,(H,23,24)(H,25,26)/t20-/m1/s1. The molecule has 1 aliphatic carbocycles. The Labute approximate surface area is 159 Å². The molecule has 27 heavy (non-hydrogen) atoms. The average molecular weight is 367 g/mol. The molecule has 5 heteroatoms. The summed E-state index contributed by atoms with van der Waals surface area (Å²) in [5.74, 6) is -1.10. The topological polar surface area (TPSA) is 75.6 Å². The zero-order valence-corrected chi connectivity index (χ0v) is 15.3. The summed E-state index contributed by atoms with van der Waals surface area (Å²) < 4.78 is 6.12. The lowest BCUT2D eigenvalue weighted by atomic mass is 10.1. The van der Waals surface area contributed by atoms with E-state index in [9.17, 15) is 9.59 Å². The van der Waals surface area contributed by atoms with Gasteiger partial charge in [0.1, 0.15) is 0 Å². The molecule has 1 fully saturated rings. The lowest BCUT2D eigenvalue weighted by molar-refractivity contribution is -0.137. The third kappa shape index (κ3) is 5.41. The second kappa shape index (κ2) is 9.33. The first-order valence-electron chi connectivity index (χ1n) is 9.44.